The maximum Gasteiger partial charge on any atom is 0.410 e. The number of primary amides is 1. The van der Waals surface area contributed by atoms with E-state index in [4.69, 9.17) is 16.2 Å². The minimum absolute atomic E-state index is 0.0732. The predicted molar refractivity (Wildman–Crippen MR) is 97.1 cm³/mol. The van der Waals surface area contributed by atoms with Gasteiger partial charge in [-0.15, -0.1) is 0 Å². The Morgan fingerprint density at radius 1 is 1.44 bits per heavy atom. The first-order valence-corrected chi connectivity index (χ1v) is 9.04. The number of aromatic nitrogens is 1. The molecule has 0 aliphatic carbocycles. The number of pyridine rings is 1. The molecule has 0 bridgehead atoms. The van der Waals surface area contributed by atoms with E-state index in [1.165, 1.54) is 11.3 Å². The molecule has 2 aromatic rings. The van der Waals surface area contributed by atoms with E-state index < -0.39 is 6.09 Å². The molecule has 0 radical (unpaired) electrons. The number of hydrogen-bond donors (Lipinski definition) is 4. The highest BCUT2D eigenvalue weighted by Gasteiger charge is 2.22. The van der Waals surface area contributed by atoms with Gasteiger partial charge in [0.05, 0.1) is 11.8 Å². The van der Waals surface area contributed by atoms with E-state index >= 15 is 0 Å². The van der Waals surface area contributed by atoms with Crippen LogP contribution in [-0.2, 0) is 6.42 Å². The van der Waals surface area contributed by atoms with Gasteiger partial charge in [-0.1, -0.05) is 11.3 Å². The Bertz CT molecular complexity index is 771. The monoisotopic (exact) mass is 366 g/mol. The Hall–Kier alpha value is -2.10. The molecule has 3 rings (SSSR count). The zero-order chi connectivity index (χ0) is 18.0. The molecular weight excluding hydrogens is 344 g/mol. The summed E-state index contributed by atoms with van der Waals surface area (Å²) in [6, 6.07) is 1.97. The van der Waals surface area contributed by atoms with E-state index in [0.29, 0.717) is 36.2 Å². The average molecular weight is 366 g/mol. The van der Waals surface area contributed by atoms with Crippen LogP contribution < -0.4 is 21.1 Å². The number of carbonyl (C=O) groups excluding carboxylic acids is 1. The zero-order valence-corrected chi connectivity index (χ0v) is 14.6. The molecule has 1 aliphatic rings. The first kappa shape index (κ1) is 17.7. The Labute approximate surface area is 149 Å². The molecule has 1 fully saturated rings. The van der Waals surface area contributed by atoms with Crippen LogP contribution in [0.1, 0.15) is 24.8 Å². The largest absolute Gasteiger partial charge is 0.410 e. The molecule has 3 heterocycles. The summed E-state index contributed by atoms with van der Waals surface area (Å²) in [7, 11) is 0. The molecule has 1 amide bonds. The first-order valence-electron chi connectivity index (χ1n) is 8.22. The molecule has 0 atom stereocenters. The Morgan fingerprint density at radius 2 is 2.16 bits per heavy atom. The number of nitrogen functional groups attached to an aromatic ring is 1. The van der Waals surface area contributed by atoms with Crippen molar-refractivity contribution in [3.05, 3.63) is 11.6 Å². The van der Waals surface area contributed by atoms with Crippen LogP contribution in [0, 0.1) is 0 Å². The smallest absolute Gasteiger partial charge is 0.397 e. The standard InChI is InChI=1S/C16H22N4O4S/c17-13-12-9(2-1-7-21)8-11(20-5-3-10(22)4-6-20)19-14(12)25-15(13)24-16(18)23/h8,10,21-22H,1-7,17H2,(H2,18,23). The van der Waals surface area contributed by atoms with E-state index in [1.54, 1.807) is 0 Å². The van der Waals surface area contributed by atoms with Gasteiger partial charge in [0, 0.05) is 25.1 Å². The zero-order valence-electron chi connectivity index (χ0n) is 13.8. The molecule has 6 N–H and O–H groups in total. The third-order valence-electron chi connectivity index (χ3n) is 4.32. The number of aliphatic hydroxyl groups is 2. The molecule has 8 nitrogen and oxygen atoms in total. The lowest BCUT2D eigenvalue weighted by molar-refractivity contribution is 0.145. The number of fused-ring (bicyclic) bond motifs is 1. The fraction of sp³-hybridized carbons (Fsp3) is 0.500. The van der Waals surface area contributed by atoms with Gasteiger partial charge < -0.3 is 31.3 Å². The average Bonchev–Trinajstić information content (AvgIpc) is 2.88. The Kier molecular flexibility index (Phi) is 5.26. The van der Waals surface area contributed by atoms with Crippen LogP contribution in [0.4, 0.5) is 16.3 Å². The number of ether oxygens (including phenoxy) is 1. The first-order chi connectivity index (χ1) is 12.0. The van der Waals surface area contributed by atoms with Crippen molar-refractivity contribution in [3.63, 3.8) is 0 Å². The molecule has 0 saturated carbocycles. The molecule has 1 saturated heterocycles. The van der Waals surface area contributed by atoms with Crippen LogP contribution in [0.15, 0.2) is 6.07 Å². The molecule has 0 unspecified atom stereocenters. The lowest BCUT2D eigenvalue weighted by atomic mass is 10.0. The summed E-state index contributed by atoms with van der Waals surface area (Å²) in [5.41, 5.74) is 12.5. The van der Waals surface area contributed by atoms with Gasteiger partial charge in [-0.05, 0) is 37.3 Å². The van der Waals surface area contributed by atoms with E-state index in [1.807, 2.05) is 6.07 Å². The van der Waals surface area contributed by atoms with Crippen molar-refractivity contribution in [2.45, 2.75) is 31.8 Å². The number of nitrogens with zero attached hydrogens (tertiary/aromatic N) is 2. The highest BCUT2D eigenvalue weighted by Crippen LogP contribution is 2.42. The number of rotatable bonds is 5. The van der Waals surface area contributed by atoms with Gasteiger partial charge >= 0.3 is 6.09 Å². The molecule has 25 heavy (non-hydrogen) atoms. The number of anilines is 2. The quantitative estimate of drug-likeness (QED) is 0.625. The number of nitrogens with two attached hydrogens (primary N) is 2. The number of thiophene rings is 1. The third-order valence-corrected chi connectivity index (χ3v) is 5.30. The number of hydrogen-bond acceptors (Lipinski definition) is 8. The number of amides is 1. The van der Waals surface area contributed by atoms with Crippen LogP contribution in [-0.4, -0.2) is 47.1 Å². The second-order valence-electron chi connectivity index (χ2n) is 6.09. The number of aliphatic hydroxyl groups excluding tert-OH is 2. The van der Waals surface area contributed by atoms with Crippen LogP contribution >= 0.6 is 11.3 Å². The molecular formula is C16H22N4O4S. The van der Waals surface area contributed by atoms with E-state index in [2.05, 4.69) is 9.88 Å². The second kappa shape index (κ2) is 7.42. The molecule has 136 valence electrons. The lowest BCUT2D eigenvalue weighted by Gasteiger charge is -2.30. The molecule has 1 aliphatic heterocycles. The van der Waals surface area contributed by atoms with Gasteiger partial charge in [-0.2, -0.15) is 0 Å². The minimum atomic E-state index is -0.916. The summed E-state index contributed by atoms with van der Waals surface area (Å²) in [5.74, 6) is 0.805. The minimum Gasteiger partial charge on any atom is -0.397 e. The summed E-state index contributed by atoms with van der Waals surface area (Å²) < 4.78 is 4.99. The Morgan fingerprint density at radius 3 is 2.80 bits per heavy atom. The summed E-state index contributed by atoms with van der Waals surface area (Å²) in [6.07, 6.45) is 1.46. The van der Waals surface area contributed by atoms with Crippen molar-refractivity contribution in [2.75, 3.05) is 30.3 Å². The van der Waals surface area contributed by atoms with Crippen molar-refractivity contribution in [2.24, 2.45) is 5.73 Å². The molecule has 9 heteroatoms. The van der Waals surface area contributed by atoms with Gasteiger partial charge in [0.15, 0.2) is 0 Å². The fourth-order valence-corrected chi connectivity index (χ4v) is 4.05. The van der Waals surface area contributed by atoms with Crippen LogP contribution in [0.25, 0.3) is 10.2 Å². The van der Waals surface area contributed by atoms with Crippen molar-refractivity contribution in [1.29, 1.82) is 0 Å². The summed E-state index contributed by atoms with van der Waals surface area (Å²) in [5, 5.41) is 19.9. The SMILES string of the molecule is NC(=O)Oc1sc2nc(N3CCC(O)CC3)cc(CCCO)c2c1N. The number of piperidine rings is 1. The predicted octanol–water partition coefficient (Wildman–Crippen LogP) is 1.22. The van der Waals surface area contributed by atoms with E-state index in [0.717, 1.165) is 29.9 Å². The summed E-state index contributed by atoms with van der Waals surface area (Å²) in [4.78, 5) is 18.5. The third kappa shape index (κ3) is 3.78. The van der Waals surface area contributed by atoms with Gasteiger partial charge in [0.1, 0.15) is 10.6 Å². The summed E-state index contributed by atoms with van der Waals surface area (Å²) in [6.45, 7) is 1.53. The van der Waals surface area contributed by atoms with Crippen LogP contribution in [0.3, 0.4) is 0 Å². The van der Waals surface area contributed by atoms with Crippen molar-refractivity contribution in [1.82, 2.24) is 4.98 Å². The molecule has 0 aromatic carbocycles. The van der Waals surface area contributed by atoms with Crippen LogP contribution in [0.2, 0.25) is 0 Å². The normalized spacial score (nSPS) is 15.7. The lowest BCUT2D eigenvalue weighted by Crippen LogP contribution is -2.36. The van der Waals surface area contributed by atoms with Crippen molar-refractivity contribution < 1.29 is 19.7 Å². The highest BCUT2D eigenvalue weighted by molar-refractivity contribution is 7.21. The van der Waals surface area contributed by atoms with Crippen molar-refractivity contribution >= 4 is 39.2 Å². The van der Waals surface area contributed by atoms with Gasteiger partial charge in [0.25, 0.3) is 0 Å². The number of aryl methyl sites for hydroxylation is 1. The van der Waals surface area contributed by atoms with Gasteiger partial charge in [-0.3, -0.25) is 0 Å². The number of carbonyl (C=O) groups is 1. The van der Waals surface area contributed by atoms with E-state index in [9.17, 15) is 15.0 Å². The Balaban J connectivity index is 2.03. The van der Waals surface area contributed by atoms with E-state index in [-0.39, 0.29) is 17.8 Å². The van der Waals surface area contributed by atoms with Crippen LogP contribution in [0.5, 0.6) is 5.06 Å². The van der Waals surface area contributed by atoms with Gasteiger partial charge in [-0.25, -0.2) is 9.78 Å². The maximum absolute atomic E-state index is 11.1. The topological polar surface area (TPSA) is 135 Å². The van der Waals surface area contributed by atoms with Gasteiger partial charge in [0.2, 0.25) is 5.06 Å². The fourth-order valence-electron chi connectivity index (χ4n) is 3.06. The molecule has 0 spiro atoms. The highest BCUT2D eigenvalue weighted by atomic mass is 32.1. The summed E-state index contributed by atoms with van der Waals surface area (Å²) >= 11 is 1.18. The molecule has 2 aromatic heterocycles. The van der Waals surface area contributed by atoms with Crippen molar-refractivity contribution in [3.8, 4) is 5.06 Å². The second-order valence-corrected chi connectivity index (χ2v) is 7.05. The maximum atomic E-state index is 11.1.